The lowest BCUT2D eigenvalue weighted by molar-refractivity contribution is -0.128. The van der Waals surface area contributed by atoms with Crippen LogP contribution in [0.4, 0.5) is 4.39 Å². The number of carbonyl (C=O) groups excluding carboxylic acids is 1. The average molecular weight is 462 g/mol. The van der Waals surface area contributed by atoms with E-state index < -0.39 is 0 Å². The van der Waals surface area contributed by atoms with Crippen LogP contribution >= 0.6 is 11.8 Å². The topological polar surface area (TPSA) is 77.0 Å². The zero-order valence-corrected chi connectivity index (χ0v) is 18.8. The van der Waals surface area contributed by atoms with Gasteiger partial charge in [0, 0.05) is 18.7 Å². The zero-order chi connectivity index (χ0) is 23.0. The van der Waals surface area contributed by atoms with Crippen molar-refractivity contribution in [3.63, 3.8) is 0 Å². The Morgan fingerprint density at radius 2 is 1.64 bits per heavy atom. The number of thioether (sulfide) groups is 1. The average Bonchev–Trinajstić information content (AvgIpc) is 3.21. The van der Waals surface area contributed by atoms with Crippen LogP contribution in [0.2, 0.25) is 0 Å². The first kappa shape index (κ1) is 22.5. The van der Waals surface area contributed by atoms with E-state index in [4.69, 9.17) is 5.84 Å². The van der Waals surface area contributed by atoms with Crippen LogP contribution in [-0.4, -0.2) is 38.0 Å². The molecule has 8 heteroatoms. The highest BCUT2D eigenvalue weighted by atomic mass is 32.2. The number of hydrogen-bond acceptors (Lipinski definition) is 5. The van der Waals surface area contributed by atoms with Gasteiger partial charge in [-0.1, -0.05) is 84.6 Å². The molecule has 6 nitrogen and oxygen atoms in total. The Hall–Kier alpha value is -3.65. The van der Waals surface area contributed by atoms with Gasteiger partial charge in [0.2, 0.25) is 11.1 Å². The number of nitrogens with zero attached hydrogens (tertiary/aromatic N) is 4. The van der Waals surface area contributed by atoms with E-state index in [1.54, 1.807) is 12.1 Å². The lowest BCUT2D eigenvalue weighted by atomic mass is 10.1. The molecule has 4 rings (SSSR count). The monoisotopic (exact) mass is 461 g/mol. The van der Waals surface area contributed by atoms with Gasteiger partial charge in [-0.3, -0.25) is 4.79 Å². The van der Waals surface area contributed by atoms with E-state index in [-0.39, 0.29) is 17.5 Å². The molecule has 0 spiro atoms. The van der Waals surface area contributed by atoms with Crippen molar-refractivity contribution in [1.29, 1.82) is 0 Å². The summed E-state index contributed by atoms with van der Waals surface area (Å²) in [6.07, 6.45) is 0.765. The number of rotatable bonds is 9. The van der Waals surface area contributed by atoms with Crippen molar-refractivity contribution in [2.24, 2.45) is 0 Å². The molecule has 168 valence electrons. The highest BCUT2D eigenvalue weighted by Gasteiger charge is 2.18. The molecule has 0 aliphatic carbocycles. The van der Waals surface area contributed by atoms with Gasteiger partial charge in [-0.2, -0.15) is 0 Å². The third-order valence-electron chi connectivity index (χ3n) is 5.15. The van der Waals surface area contributed by atoms with E-state index in [1.807, 2.05) is 53.4 Å². The standard InChI is InChI=1S/C25H24FN5OS/c26-22-13-7-12-21(16-22)24-28-29-25(31(24)27)33-18-23(32)30(17-20-10-5-2-6-11-20)15-14-19-8-3-1-4-9-19/h1-13,16H,14-15,17-18,27H2. The molecule has 0 fully saturated rings. The molecular weight excluding hydrogens is 437 g/mol. The van der Waals surface area contributed by atoms with Crippen LogP contribution in [0.25, 0.3) is 11.4 Å². The molecule has 3 aromatic carbocycles. The first-order chi connectivity index (χ1) is 16.1. The van der Waals surface area contributed by atoms with Crippen molar-refractivity contribution >= 4 is 17.7 Å². The molecule has 33 heavy (non-hydrogen) atoms. The molecule has 0 atom stereocenters. The second-order valence-electron chi connectivity index (χ2n) is 7.51. The van der Waals surface area contributed by atoms with Gasteiger partial charge in [0.1, 0.15) is 5.82 Å². The highest BCUT2D eigenvalue weighted by molar-refractivity contribution is 7.99. The van der Waals surface area contributed by atoms with Crippen LogP contribution in [0, 0.1) is 5.82 Å². The van der Waals surface area contributed by atoms with E-state index in [1.165, 1.54) is 34.1 Å². The third kappa shape index (κ3) is 5.98. The van der Waals surface area contributed by atoms with Crippen LogP contribution in [0.5, 0.6) is 0 Å². The molecule has 0 aliphatic rings. The number of amides is 1. The maximum Gasteiger partial charge on any atom is 0.233 e. The Bertz CT molecular complexity index is 1200. The summed E-state index contributed by atoms with van der Waals surface area (Å²) in [5.41, 5.74) is 2.77. The zero-order valence-electron chi connectivity index (χ0n) is 18.0. The Kier molecular flexibility index (Phi) is 7.36. The molecule has 2 N–H and O–H groups in total. The number of aromatic nitrogens is 3. The molecule has 1 heterocycles. The second kappa shape index (κ2) is 10.8. The number of nitrogens with two attached hydrogens (primary N) is 1. The lowest BCUT2D eigenvalue weighted by Gasteiger charge is -2.23. The van der Waals surface area contributed by atoms with Gasteiger partial charge in [0.05, 0.1) is 5.75 Å². The van der Waals surface area contributed by atoms with E-state index in [2.05, 4.69) is 22.3 Å². The number of carbonyl (C=O) groups is 1. The minimum Gasteiger partial charge on any atom is -0.337 e. The van der Waals surface area contributed by atoms with Gasteiger partial charge in [0.25, 0.3) is 0 Å². The summed E-state index contributed by atoms with van der Waals surface area (Å²) < 4.78 is 14.8. The molecule has 0 saturated heterocycles. The van der Waals surface area contributed by atoms with Gasteiger partial charge in [-0.05, 0) is 29.7 Å². The van der Waals surface area contributed by atoms with Crippen molar-refractivity contribution in [3.8, 4) is 11.4 Å². The Morgan fingerprint density at radius 1 is 0.939 bits per heavy atom. The second-order valence-corrected chi connectivity index (χ2v) is 8.45. The molecule has 0 aliphatic heterocycles. The smallest absolute Gasteiger partial charge is 0.233 e. The summed E-state index contributed by atoms with van der Waals surface area (Å²) in [5.74, 6) is 6.24. The van der Waals surface area contributed by atoms with Crippen LogP contribution in [-0.2, 0) is 17.8 Å². The molecule has 0 unspecified atom stereocenters. The van der Waals surface area contributed by atoms with Crippen molar-refractivity contribution in [2.45, 2.75) is 18.1 Å². The number of hydrogen-bond donors (Lipinski definition) is 1. The summed E-state index contributed by atoms with van der Waals surface area (Å²) >= 11 is 1.21. The van der Waals surface area contributed by atoms with Crippen LogP contribution in [0.1, 0.15) is 11.1 Å². The van der Waals surface area contributed by atoms with Gasteiger partial charge in [-0.25, -0.2) is 9.07 Å². The van der Waals surface area contributed by atoms with Gasteiger partial charge >= 0.3 is 0 Å². The maximum absolute atomic E-state index is 13.6. The van der Waals surface area contributed by atoms with Crippen molar-refractivity contribution in [3.05, 3.63) is 102 Å². The molecular formula is C25H24FN5OS. The van der Waals surface area contributed by atoms with Crippen molar-refractivity contribution in [1.82, 2.24) is 19.8 Å². The molecule has 1 amide bonds. The highest BCUT2D eigenvalue weighted by Crippen LogP contribution is 2.22. The summed E-state index contributed by atoms with van der Waals surface area (Å²) in [7, 11) is 0. The van der Waals surface area contributed by atoms with E-state index in [0.29, 0.717) is 29.6 Å². The number of halogens is 1. The largest absolute Gasteiger partial charge is 0.337 e. The molecule has 0 bridgehead atoms. The minimum absolute atomic E-state index is 0.0184. The Labute approximate surface area is 196 Å². The molecule has 0 saturated carbocycles. The van der Waals surface area contributed by atoms with Gasteiger partial charge in [0.15, 0.2) is 5.82 Å². The fourth-order valence-corrected chi connectivity index (χ4v) is 4.18. The summed E-state index contributed by atoms with van der Waals surface area (Å²) in [4.78, 5) is 15.0. The van der Waals surface area contributed by atoms with Crippen LogP contribution in [0.3, 0.4) is 0 Å². The predicted molar refractivity (Wildman–Crippen MR) is 128 cm³/mol. The minimum atomic E-state index is -0.380. The maximum atomic E-state index is 13.6. The molecule has 0 radical (unpaired) electrons. The number of benzene rings is 3. The van der Waals surface area contributed by atoms with Crippen LogP contribution < -0.4 is 5.84 Å². The lowest BCUT2D eigenvalue weighted by Crippen LogP contribution is -2.34. The van der Waals surface area contributed by atoms with Crippen molar-refractivity contribution in [2.75, 3.05) is 18.1 Å². The SMILES string of the molecule is Nn1c(SCC(=O)N(CCc2ccccc2)Cc2ccccc2)nnc1-c1cccc(F)c1. The first-order valence-corrected chi connectivity index (χ1v) is 11.5. The summed E-state index contributed by atoms with van der Waals surface area (Å²) in [6, 6.07) is 26.0. The van der Waals surface area contributed by atoms with Gasteiger partial charge in [-0.15, -0.1) is 10.2 Å². The van der Waals surface area contributed by atoms with E-state index in [0.717, 1.165) is 12.0 Å². The number of nitrogen functional groups attached to an aromatic ring is 1. The predicted octanol–water partition coefficient (Wildman–Crippen LogP) is 4.16. The summed E-state index contributed by atoms with van der Waals surface area (Å²) in [5, 5.41) is 8.55. The van der Waals surface area contributed by atoms with Crippen LogP contribution in [0.15, 0.2) is 90.1 Å². The normalized spacial score (nSPS) is 10.8. The van der Waals surface area contributed by atoms with Gasteiger partial charge < -0.3 is 10.7 Å². The van der Waals surface area contributed by atoms with E-state index in [9.17, 15) is 9.18 Å². The quantitative estimate of drug-likeness (QED) is 0.299. The Morgan fingerprint density at radius 3 is 2.33 bits per heavy atom. The molecule has 1 aromatic heterocycles. The summed E-state index contributed by atoms with van der Waals surface area (Å²) in [6.45, 7) is 1.12. The van der Waals surface area contributed by atoms with Crippen molar-refractivity contribution < 1.29 is 9.18 Å². The first-order valence-electron chi connectivity index (χ1n) is 10.5. The van der Waals surface area contributed by atoms with E-state index >= 15 is 0 Å². The third-order valence-corrected chi connectivity index (χ3v) is 6.08. The molecule has 4 aromatic rings. The fraction of sp³-hybridized carbons (Fsp3) is 0.160. The Balaban J connectivity index is 1.44. The fourth-order valence-electron chi connectivity index (χ4n) is 3.42.